The van der Waals surface area contributed by atoms with E-state index in [2.05, 4.69) is 0 Å². The van der Waals surface area contributed by atoms with Gasteiger partial charge in [-0.1, -0.05) is 0 Å². The molecule has 0 saturated heterocycles. The summed E-state index contributed by atoms with van der Waals surface area (Å²) in [4.78, 5) is 10.6. The van der Waals surface area contributed by atoms with E-state index in [1.807, 2.05) is 21.1 Å². The Balaban J connectivity index is 3.69. The first-order chi connectivity index (χ1) is 4.81. The Bertz CT molecular complexity index is 138. The number of ketones is 1. The van der Waals surface area contributed by atoms with Gasteiger partial charge in [-0.15, -0.1) is 0 Å². The Hall–Kier alpha value is -0.410. The van der Waals surface area contributed by atoms with Crippen LogP contribution in [0.2, 0.25) is 0 Å². The molecule has 1 N–H and O–H groups in total. The molecule has 0 aromatic rings. The Morgan fingerprint density at radius 1 is 1.45 bits per heavy atom. The van der Waals surface area contributed by atoms with E-state index in [1.165, 1.54) is 6.92 Å². The van der Waals surface area contributed by atoms with Gasteiger partial charge in [-0.25, -0.2) is 0 Å². The maximum Gasteiger partial charge on any atom is 0.132 e. The Morgan fingerprint density at radius 2 is 1.91 bits per heavy atom. The first-order valence-corrected chi connectivity index (χ1v) is 3.79. The van der Waals surface area contributed by atoms with Crippen molar-refractivity contribution in [1.29, 1.82) is 0 Å². The molecule has 0 saturated carbocycles. The molecule has 0 amide bonds. The van der Waals surface area contributed by atoms with Crippen LogP contribution in [0, 0.1) is 0 Å². The summed E-state index contributed by atoms with van der Waals surface area (Å²) in [5, 5.41) is 9.32. The molecule has 0 unspecified atom stereocenters. The summed E-state index contributed by atoms with van der Waals surface area (Å²) < 4.78 is 0.689. The second kappa shape index (κ2) is 3.83. The molecule has 0 rings (SSSR count). The molecule has 0 aliphatic rings. The molecule has 3 heteroatoms. The summed E-state index contributed by atoms with van der Waals surface area (Å²) in [5.41, 5.74) is 0. The average Bonchev–Trinajstić information content (AvgIpc) is 1.53. The van der Waals surface area contributed by atoms with Gasteiger partial charge >= 0.3 is 0 Å². The molecular weight excluding hydrogens is 142 g/mol. The minimum atomic E-state index is -0.493. The topological polar surface area (TPSA) is 37.3 Å². The lowest BCUT2D eigenvalue weighted by atomic mass is 10.2. The van der Waals surface area contributed by atoms with Crippen molar-refractivity contribution in [3.05, 3.63) is 0 Å². The highest BCUT2D eigenvalue weighted by atomic mass is 16.3. The van der Waals surface area contributed by atoms with E-state index in [1.54, 1.807) is 0 Å². The number of hydrogen-bond donors (Lipinski definition) is 1. The molecule has 0 heterocycles. The minimum absolute atomic E-state index is 0.0472. The van der Waals surface area contributed by atoms with Crippen molar-refractivity contribution < 1.29 is 14.4 Å². The van der Waals surface area contributed by atoms with Gasteiger partial charge in [0.1, 0.15) is 18.4 Å². The van der Waals surface area contributed by atoms with Gasteiger partial charge in [0.2, 0.25) is 0 Å². The van der Waals surface area contributed by atoms with E-state index in [-0.39, 0.29) is 12.2 Å². The van der Waals surface area contributed by atoms with Crippen LogP contribution in [-0.4, -0.2) is 49.2 Å². The van der Waals surface area contributed by atoms with Crippen LogP contribution in [0.1, 0.15) is 13.3 Å². The van der Waals surface area contributed by atoms with Crippen molar-refractivity contribution in [3.63, 3.8) is 0 Å². The molecule has 0 spiro atoms. The van der Waals surface area contributed by atoms with E-state index in [4.69, 9.17) is 0 Å². The van der Waals surface area contributed by atoms with Gasteiger partial charge < -0.3 is 9.59 Å². The molecule has 1 atom stereocenters. The molecule has 0 aliphatic heterocycles. The van der Waals surface area contributed by atoms with Crippen molar-refractivity contribution >= 4 is 5.78 Å². The predicted molar refractivity (Wildman–Crippen MR) is 44.2 cm³/mol. The lowest BCUT2D eigenvalue weighted by molar-refractivity contribution is -0.873. The molecule has 0 fully saturated rings. The fourth-order valence-corrected chi connectivity index (χ4v) is 1.03. The monoisotopic (exact) mass is 160 g/mol. The second-order valence-corrected chi connectivity index (χ2v) is 4.03. The largest absolute Gasteiger partial charge is 0.387 e. The standard InChI is InChI=1S/C8H18NO2/c1-7(10)5-8(11)6-9(2,3)4/h8,11H,5-6H2,1-4H3/q+1/t8-/m1/s1. The molecule has 0 aromatic heterocycles. The maximum atomic E-state index is 10.6. The Morgan fingerprint density at radius 3 is 2.18 bits per heavy atom. The van der Waals surface area contributed by atoms with Crippen LogP contribution < -0.4 is 0 Å². The van der Waals surface area contributed by atoms with Crippen molar-refractivity contribution in [2.45, 2.75) is 19.4 Å². The van der Waals surface area contributed by atoms with Crippen LogP contribution in [0.3, 0.4) is 0 Å². The molecule has 0 aliphatic carbocycles. The van der Waals surface area contributed by atoms with Crippen molar-refractivity contribution in [1.82, 2.24) is 0 Å². The molecule has 0 bridgehead atoms. The minimum Gasteiger partial charge on any atom is -0.387 e. The van der Waals surface area contributed by atoms with E-state index < -0.39 is 6.10 Å². The number of aliphatic hydroxyl groups excluding tert-OH is 1. The third-order valence-corrected chi connectivity index (χ3v) is 1.28. The molecular formula is C8H18NO2+. The summed E-state index contributed by atoms with van der Waals surface area (Å²) in [7, 11) is 5.97. The fourth-order valence-electron chi connectivity index (χ4n) is 1.03. The van der Waals surface area contributed by atoms with E-state index >= 15 is 0 Å². The Kier molecular flexibility index (Phi) is 3.69. The molecule has 0 radical (unpaired) electrons. The molecule has 66 valence electrons. The summed E-state index contributed by atoms with van der Waals surface area (Å²) in [5.74, 6) is 0.0472. The van der Waals surface area contributed by atoms with Crippen LogP contribution >= 0.6 is 0 Å². The first-order valence-electron chi connectivity index (χ1n) is 3.79. The van der Waals surface area contributed by atoms with Crippen LogP contribution in [0.4, 0.5) is 0 Å². The lowest BCUT2D eigenvalue weighted by Gasteiger charge is -2.26. The van der Waals surface area contributed by atoms with E-state index in [0.29, 0.717) is 11.0 Å². The van der Waals surface area contributed by atoms with Crippen LogP contribution in [0.25, 0.3) is 0 Å². The number of Topliss-reactive ketones (excluding diaryl/α,β-unsaturated/α-hetero) is 1. The van der Waals surface area contributed by atoms with Gasteiger partial charge in [0.25, 0.3) is 0 Å². The lowest BCUT2D eigenvalue weighted by Crippen LogP contribution is -2.41. The van der Waals surface area contributed by atoms with Gasteiger partial charge in [-0.05, 0) is 6.92 Å². The van der Waals surface area contributed by atoms with Crippen LogP contribution in [0.5, 0.6) is 0 Å². The van der Waals surface area contributed by atoms with E-state index in [0.717, 1.165) is 0 Å². The SMILES string of the molecule is CC(=O)C[C@@H](O)C[N+](C)(C)C. The second-order valence-electron chi connectivity index (χ2n) is 4.03. The highest BCUT2D eigenvalue weighted by Crippen LogP contribution is 1.99. The number of rotatable bonds is 4. The molecule has 11 heavy (non-hydrogen) atoms. The van der Waals surface area contributed by atoms with E-state index in [9.17, 15) is 9.90 Å². The third-order valence-electron chi connectivity index (χ3n) is 1.28. The van der Waals surface area contributed by atoms with Gasteiger partial charge in [0, 0.05) is 6.42 Å². The number of aliphatic hydroxyl groups is 1. The third kappa shape index (κ3) is 7.49. The number of hydrogen-bond acceptors (Lipinski definition) is 2. The maximum absolute atomic E-state index is 10.6. The summed E-state index contributed by atoms with van der Waals surface area (Å²) in [6.07, 6.45) is -0.220. The Labute approximate surface area is 68.2 Å². The number of likely N-dealkylation sites (N-methyl/N-ethyl adjacent to an activating group) is 1. The first kappa shape index (κ1) is 10.6. The van der Waals surface area contributed by atoms with Gasteiger partial charge in [0.15, 0.2) is 0 Å². The summed E-state index contributed by atoms with van der Waals surface area (Å²) in [6, 6.07) is 0. The average molecular weight is 160 g/mol. The smallest absolute Gasteiger partial charge is 0.132 e. The predicted octanol–water partition coefficient (Wildman–Crippen LogP) is 0.0326. The van der Waals surface area contributed by atoms with Crippen LogP contribution in [-0.2, 0) is 4.79 Å². The molecule has 0 aromatic carbocycles. The summed E-state index contributed by atoms with van der Waals surface area (Å²) in [6.45, 7) is 2.12. The quantitative estimate of drug-likeness (QED) is 0.589. The van der Waals surface area contributed by atoms with Crippen molar-refractivity contribution in [2.24, 2.45) is 0 Å². The van der Waals surface area contributed by atoms with Crippen LogP contribution in [0.15, 0.2) is 0 Å². The zero-order valence-electron chi connectivity index (χ0n) is 7.79. The van der Waals surface area contributed by atoms with Gasteiger partial charge in [-0.2, -0.15) is 0 Å². The van der Waals surface area contributed by atoms with Crippen molar-refractivity contribution in [2.75, 3.05) is 27.7 Å². The zero-order valence-corrected chi connectivity index (χ0v) is 7.79. The van der Waals surface area contributed by atoms with Crippen molar-refractivity contribution in [3.8, 4) is 0 Å². The number of nitrogens with zero attached hydrogens (tertiary/aromatic N) is 1. The zero-order chi connectivity index (χ0) is 9.07. The summed E-state index contributed by atoms with van der Waals surface area (Å²) >= 11 is 0. The number of carbonyl (C=O) groups is 1. The van der Waals surface area contributed by atoms with Gasteiger partial charge in [0.05, 0.1) is 21.1 Å². The number of quaternary nitrogens is 1. The fraction of sp³-hybridized carbons (Fsp3) is 0.875. The highest BCUT2D eigenvalue weighted by molar-refractivity contribution is 5.75. The normalized spacial score (nSPS) is 14.6. The highest BCUT2D eigenvalue weighted by Gasteiger charge is 2.16. The number of carbonyl (C=O) groups excluding carboxylic acids is 1. The van der Waals surface area contributed by atoms with Gasteiger partial charge in [-0.3, -0.25) is 4.79 Å². The molecule has 3 nitrogen and oxygen atoms in total.